The zero-order valence-electron chi connectivity index (χ0n) is 11.0. The highest BCUT2D eigenvalue weighted by atomic mass is 35.5. The lowest BCUT2D eigenvalue weighted by atomic mass is 10.2. The molecule has 1 heterocycles. The molecule has 0 aliphatic heterocycles. The van der Waals surface area contributed by atoms with Crippen molar-refractivity contribution >= 4 is 23.3 Å². The Labute approximate surface area is 122 Å². The molecule has 0 aliphatic rings. The topological polar surface area (TPSA) is 64.1 Å². The number of anilines is 1. The molecule has 0 saturated heterocycles. The van der Waals surface area contributed by atoms with E-state index in [4.69, 9.17) is 16.3 Å². The number of benzene rings is 1. The largest absolute Gasteiger partial charge is 0.493 e. The number of nitrogens with one attached hydrogen (secondary N) is 1. The van der Waals surface area contributed by atoms with Crippen LogP contribution in [-0.2, 0) is 4.79 Å². The zero-order valence-corrected chi connectivity index (χ0v) is 11.7. The van der Waals surface area contributed by atoms with Crippen LogP contribution in [0.15, 0.2) is 36.7 Å². The van der Waals surface area contributed by atoms with Crippen molar-refractivity contribution < 1.29 is 9.53 Å². The number of hydrogen-bond donors (Lipinski definition) is 1. The highest BCUT2D eigenvalue weighted by molar-refractivity contribution is 6.29. The van der Waals surface area contributed by atoms with Crippen molar-refractivity contribution in [1.82, 2.24) is 9.97 Å². The molecule has 0 fully saturated rings. The minimum absolute atomic E-state index is 0.188. The number of rotatable bonds is 5. The second-order valence-corrected chi connectivity index (χ2v) is 4.58. The third-order valence-electron chi connectivity index (χ3n) is 2.49. The fourth-order valence-electron chi connectivity index (χ4n) is 1.57. The standard InChI is InChI=1S/C14H14ClN3O2/c1-10-3-2-4-11(7-10)20-6-5-14(19)18-13-8-12(15)16-9-17-13/h2-4,7-9H,5-6H2,1H3,(H,16,17,18,19). The van der Waals surface area contributed by atoms with E-state index in [1.807, 2.05) is 31.2 Å². The Hall–Kier alpha value is -2.14. The van der Waals surface area contributed by atoms with Gasteiger partial charge in [-0.2, -0.15) is 0 Å². The molecule has 1 aromatic carbocycles. The van der Waals surface area contributed by atoms with Crippen LogP contribution in [0, 0.1) is 6.92 Å². The monoisotopic (exact) mass is 291 g/mol. The van der Waals surface area contributed by atoms with E-state index in [9.17, 15) is 4.79 Å². The molecule has 20 heavy (non-hydrogen) atoms. The van der Waals surface area contributed by atoms with Gasteiger partial charge < -0.3 is 10.1 Å². The van der Waals surface area contributed by atoms with E-state index in [1.54, 1.807) is 0 Å². The second kappa shape index (κ2) is 6.86. The molecule has 104 valence electrons. The number of aromatic nitrogens is 2. The molecule has 0 radical (unpaired) electrons. The molecule has 2 rings (SSSR count). The summed E-state index contributed by atoms with van der Waals surface area (Å²) in [6, 6.07) is 9.16. The van der Waals surface area contributed by atoms with Crippen LogP contribution < -0.4 is 10.1 Å². The summed E-state index contributed by atoms with van der Waals surface area (Å²) in [5, 5.41) is 2.91. The lowest BCUT2D eigenvalue weighted by molar-refractivity contribution is -0.116. The van der Waals surface area contributed by atoms with E-state index in [-0.39, 0.29) is 17.5 Å². The van der Waals surface area contributed by atoms with E-state index in [2.05, 4.69) is 15.3 Å². The summed E-state index contributed by atoms with van der Waals surface area (Å²) in [4.78, 5) is 19.3. The average Bonchev–Trinajstić information content (AvgIpc) is 2.38. The van der Waals surface area contributed by atoms with Gasteiger partial charge in [-0.15, -0.1) is 0 Å². The highest BCUT2D eigenvalue weighted by Crippen LogP contribution is 2.13. The first-order valence-corrected chi connectivity index (χ1v) is 6.48. The van der Waals surface area contributed by atoms with Crippen molar-refractivity contribution in [2.45, 2.75) is 13.3 Å². The Balaban J connectivity index is 1.78. The Kier molecular flexibility index (Phi) is 4.90. The van der Waals surface area contributed by atoms with Crippen LogP contribution in [0.5, 0.6) is 5.75 Å². The molecule has 1 N–H and O–H groups in total. The molecule has 6 heteroatoms. The van der Waals surface area contributed by atoms with Crippen molar-refractivity contribution in [3.05, 3.63) is 47.4 Å². The predicted octanol–water partition coefficient (Wildman–Crippen LogP) is 2.85. The molecule has 2 aromatic rings. The Morgan fingerprint density at radius 1 is 1.35 bits per heavy atom. The number of hydrogen-bond acceptors (Lipinski definition) is 4. The fraction of sp³-hybridized carbons (Fsp3) is 0.214. The lowest BCUT2D eigenvalue weighted by Gasteiger charge is -2.07. The van der Waals surface area contributed by atoms with Gasteiger partial charge in [-0.25, -0.2) is 9.97 Å². The van der Waals surface area contributed by atoms with Gasteiger partial charge in [0.2, 0.25) is 5.91 Å². The molecule has 0 spiro atoms. The van der Waals surface area contributed by atoms with Crippen LogP contribution >= 0.6 is 11.6 Å². The molecular formula is C14H14ClN3O2. The van der Waals surface area contributed by atoms with Crippen molar-refractivity contribution in [3.63, 3.8) is 0 Å². The van der Waals surface area contributed by atoms with Crippen LogP contribution in [0.2, 0.25) is 5.15 Å². The summed E-state index contributed by atoms with van der Waals surface area (Å²) in [5.74, 6) is 0.945. The maximum Gasteiger partial charge on any atom is 0.228 e. The van der Waals surface area contributed by atoms with E-state index in [0.29, 0.717) is 12.4 Å². The maximum atomic E-state index is 11.7. The Morgan fingerprint density at radius 2 is 2.20 bits per heavy atom. The number of carbonyl (C=O) groups excluding carboxylic acids is 1. The molecule has 0 aliphatic carbocycles. The van der Waals surface area contributed by atoms with Gasteiger partial charge in [-0.05, 0) is 24.6 Å². The van der Waals surface area contributed by atoms with Gasteiger partial charge in [0.1, 0.15) is 23.0 Å². The quantitative estimate of drug-likeness (QED) is 0.860. The Bertz CT molecular complexity index is 604. The summed E-state index contributed by atoms with van der Waals surface area (Å²) in [6.07, 6.45) is 1.52. The zero-order chi connectivity index (χ0) is 14.4. The highest BCUT2D eigenvalue weighted by Gasteiger charge is 2.04. The smallest absolute Gasteiger partial charge is 0.228 e. The van der Waals surface area contributed by atoms with Gasteiger partial charge in [0.05, 0.1) is 13.0 Å². The molecule has 0 atom stereocenters. The first-order chi connectivity index (χ1) is 9.63. The molecule has 5 nitrogen and oxygen atoms in total. The summed E-state index contributed by atoms with van der Waals surface area (Å²) in [6.45, 7) is 2.28. The SMILES string of the molecule is Cc1cccc(OCCC(=O)Nc2cc(Cl)ncn2)c1. The van der Waals surface area contributed by atoms with E-state index >= 15 is 0 Å². The van der Waals surface area contributed by atoms with Gasteiger partial charge in [-0.1, -0.05) is 23.7 Å². The van der Waals surface area contributed by atoms with E-state index < -0.39 is 0 Å². The van der Waals surface area contributed by atoms with Gasteiger partial charge in [0, 0.05) is 6.07 Å². The number of amides is 1. The van der Waals surface area contributed by atoms with Crippen LogP contribution in [0.3, 0.4) is 0 Å². The Morgan fingerprint density at radius 3 is 2.95 bits per heavy atom. The number of carbonyl (C=O) groups is 1. The normalized spacial score (nSPS) is 10.1. The molecule has 0 bridgehead atoms. The lowest BCUT2D eigenvalue weighted by Crippen LogP contribution is -2.16. The molecule has 0 unspecified atom stereocenters. The third kappa shape index (κ3) is 4.51. The van der Waals surface area contributed by atoms with Crippen LogP contribution in [0.25, 0.3) is 0 Å². The fourth-order valence-corrected chi connectivity index (χ4v) is 1.72. The summed E-state index contributed by atoms with van der Waals surface area (Å²) < 4.78 is 5.50. The minimum atomic E-state index is -0.188. The van der Waals surface area contributed by atoms with Crippen LogP contribution in [-0.4, -0.2) is 22.5 Å². The van der Waals surface area contributed by atoms with Crippen molar-refractivity contribution in [1.29, 1.82) is 0 Å². The second-order valence-electron chi connectivity index (χ2n) is 4.19. The average molecular weight is 292 g/mol. The number of nitrogens with zero attached hydrogens (tertiary/aromatic N) is 2. The third-order valence-corrected chi connectivity index (χ3v) is 2.70. The molecular weight excluding hydrogens is 278 g/mol. The van der Waals surface area contributed by atoms with Crippen molar-refractivity contribution in [3.8, 4) is 5.75 Å². The van der Waals surface area contributed by atoms with Crippen molar-refractivity contribution in [2.24, 2.45) is 0 Å². The van der Waals surface area contributed by atoms with Crippen LogP contribution in [0.4, 0.5) is 5.82 Å². The molecule has 1 amide bonds. The predicted molar refractivity (Wildman–Crippen MR) is 77.0 cm³/mol. The van der Waals surface area contributed by atoms with Gasteiger partial charge in [0.25, 0.3) is 0 Å². The van der Waals surface area contributed by atoms with Gasteiger partial charge in [-0.3, -0.25) is 4.79 Å². The summed E-state index contributed by atoms with van der Waals surface area (Å²) in [5.41, 5.74) is 1.11. The summed E-state index contributed by atoms with van der Waals surface area (Å²) in [7, 11) is 0. The number of aryl methyl sites for hydroxylation is 1. The first-order valence-electron chi connectivity index (χ1n) is 6.10. The van der Waals surface area contributed by atoms with Crippen LogP contribution in [0.1, 0.15) is 12.0 Å². The molecule has 0 saturated carbocycles. The van der Waals surface area contributed by atoms with Gasteiger partial charge in [0.15, 0.2) is 0 Å². The number of ether oxygens (including phenoxy) is 1. The number of halogens is 1. The van der Waals surface area contributed by atoms with Crippen molar-refractivity contribution in [2.75, 3.05) is 11.9 Å². The maximum absolute atomic E-state index is 11.7. The van der Waals surface area contributed by atoms with Gasteiger partial charge >= 0.3 is 0 Å². The minimum Gasteiger partial charge on any atom is -0.493 e. The van der Waals surface area contributed by atoms with E-state index in [1.165, 1.54) is 12.4 Å². The van der Waals surface area contributed by atoms with E-state index in [0.717, 1.165) is 11.3 Å². The first kappa shape index (κ1) is 14.3. The molecule has 1 aromatic heterocycles. The summed E-state index contributed by atoms with van der Waals surface area (Å²) >= 11 is 5.70.